The fraction of sp³-hybridized carbons (Fsp3) is 0.200. The zero-order chi connectivity index (χ0) is 13.1. The van der Waals surface area contributed by atoms with Crippen LogP contribution in [0.15, 0.2) is 30.3 Å². The highest BCUT2D eigenvalue weighted by Crippen LogP contribution is 2.17. The molecule has 0 amide bonds. The van der Waals surface area contributed by atoms with E-state index in [0.29, 0.717) is 0 Å². The van der Waals surface area contributed by atoms with Gasteiger partial charge in [-0.05, 0) is 29.6 Å². The normalized spacial score (nSPS) is 11.1. The summed E-state index contributed by atoms with van der Waals surface area (Å²) in [6.45, 7) is 4.07. The molecule has 1 heterocycles. The molecule has 0 saturated carbocycles. The Labute approximate surface area is 113 Å². The predicted octanol–water partition coefficient (Wildman–Crippen LogP) is 3.35. The third-order valence-corrected chi connectivity index (χ3v) is 3.24. The average Bonchev–Trinajstić information content (AvgIpc) is 2.33. The molecule has 2 aromatic rings. The lowest BCUT2D eigenvalue weighted by Gasteiger charge is -2.00. The molecule has 0 radical (unpaired) electrons. The Bertz CT molecular complexity index is 603. The van der Waals surface area contributed by atoms with Gasteiger partial charge < -0.3 is 0 Å². The van der Waals surface area contributed by atoms with Gasteiger partial charge in [-0.1, -0.05) is 29.8 Å². The standard InChI is InChI=1S/C15H16ClN2/c1-11-10-12(2)18(3)15(17-11)9-8-13-6-4-5-7-14(13)16/h4-10H,1-3H3/q+1. The molecule has 0 fully saturated rings. The Balaban J connectivity index is 2.38. The summed E-state index contributed by atoms with van der Waals surface area (Å²) in [5.74, 6) is 0.924. The van der Waals surface area contributed by atoms with Crippen molar-refractivity contribution in [2.24, 2.45) is 7.05 Å². The molecule has 0 atom stereocenters. The molecule has 0 unspecified atom stereocenters. The van der Waals surface area contributed by atoms with Gasteiger partial charge in [0.2, 0.25) is 0 Å². The Morgan fingerprint density at radius 2 is 1.89 bits per heavy atom. The summed E-state index contributed by atoms with van der Waals surface area (Å²) in [6.07, 6.45) is 3.98. The summed E-state index contributed by atoms with van der Waals surface area (Å²) in [5.41, 5.74) is 3.20. The van der Waals surface area contributed by atoms with E-state index < -0.39 is 0 Å². The molecule has 2 nitrogen and oxygen atoms in total. The first-order chi connectivity index (χ1) is 8.58. The molecular weight excluding hydrogens is 244 g/mol. The van der Waals surface area contributed by atoms with Crippen LogP contribution in [-0.4, -0.2) is 4.98 Å². The van der Waals surface area contributed by atoms with Crippen LogP contribution in [0.4, 0.5) is 0 Å². The van der Waals surface area contributed by atoms with Crippen molar-refractivity contribution in [3.8, 4) is 0 Å². The Kier molecular flexibility index (Phi) is 3.78. The first-order valence-electron chi connectivity index (χ1n) is 5.85. The van der Waals surface area contributed by atoms with Gasteiger partial charge in [0, 0.05) is 24.1 Å². The molecule has 0 aliphatic rings. The molecule has 18 heavy (non-hydrogen) atoms. The fourth-order valence-electron chi connectivity index (χ4n) is 1.79. The topological polar surface area (TPSA) is 16.8 Å². The number of nitrogens with zero attached hydrogens (tertiary/aromatic N) is 2. The number of rotatable bonds is 2. The van der Waals surface area contributed by atoms with Crippen LogP contribution in [0.1, 0.15) is 22.8 Å². The van der Waals surface area contributed by atoms with E-state index in [2.05, 4.69) is 22.5 Å². The van der Waals surface area contributed by atoms with Gasteiger partial charge in [0.15, 0.2) is 5.69 Å². The van der Waals surface area contributed by atoms with Crippen LogP contribution >= 0.6 is 11.6 Å². The lowest BCUT2D eigenvalue weighted by atomic mass is 10.2. The van der Waals surface area contributed by atoms with Crippen molar-refractivity contribution in [3.05, 3.63) is 58.1 Å². The predicted molar refractivity (Wildman–Crippen MR) is 75.3 cm³/mol. The molecule has 0 spiro atoms. The van der Waals surface area contributed by atoms with E-state index in [1.165, 1.54) is 5.69 Å². The smallest absolute Gasteiger partial charge is 0.231 e. The zero-order valence-corrected chi connectivity index (χ0v) is 11.6. The minimum atomic E-state index is 0.751. The summed E-state index contributed by atoms with van der Waals surface area (Å²) in [5, 5.41) is 0.751. The van der Waals surface area contributed by atoms with Crippen molar-refractivity contribution in [2.45, 2.75) is 13.8 Å². The van der Waals surface area contributed by atoms with Gasteiger partial charge in [-0.3, -0.25) is 0 Å². The number of hydrogen-bond acceptors (Lipinski definition) is 1. The van der Waals surface area contributed by atoms with Gasteiger partial charge in [0.1, 0.15) is 5.69 Å². The van der Waals surface area contributed by atoms with E-state index in [-0.39, 0.29) is 0 Å². The molecule has 0 saturated heterocycles. The highest BCUT2D eigenvalue weighted by molar-refractivity contribution is 6.32. The SMILES string of the molecule is Cc1cc(C)[n+](C)c(C=Cc2ccccc2Cl)n1. The summed E-state index contributed by atoms with van der Waals surface area (Å²) < 4.78 is 2.06. The van der Waals surface area contributed by atoms with Crippen molar-refractivity contribution in [1.29, 1.82) is 0 Å². The quantitative estimate of drug-likeness (QED) is 0.756. The van der Waals surface area contributed by atoms with E-state index in [4.69, 9.17) is 11.6 Å². The van der Waals surface area contributed by atoms with E-state index in [1.807, 2.05) is 50.4 Å². The lowest BCUT2D eigenvalue weighted by Crippen LogP contribution is -2.36. The van der Waals surface area contributed by atoms with Crippen LogP contribution in [0.25, 0.3) is 12.2 Å². The van der Waals surface area contributed by atoms with Crippen LogP contribution in [-0.2, 0) is 7.05 Å². The van der Waals surface area contributed by atoms with Crippen molar-refractivity contribution in [3.63, 3.8) is 0 Å². The highest BCUT2D eigenvalue weighted by Gasteiger charge is 2.09. The Hall–Kier alpha value is -1.67. The van der Waals surface area contributed by atoms with Gasteiger partial charge in [-0.15, -0.1) is 0 Å². The molecule has 0 bridgehead atoms. The van der Waals surface area contributed by atoms with E-state index in [0.717, 1.165) is 22.1 Å². The van der Waals surface area contributed by atoms with Crippen molar-refractivity contribution >= 4 is 23.8 Å². The number of hydrogen-bond donors (Lipinski definition) is 0. The lowest BCUT2D eigenvalue weighted by molar-refractivity contribution is -0.682. The molecule has 3 heteroatoms. The minimum Gasteiger partial charge on any atom is -0.231 e. The minimum absolute atomic E-state index is 0.751. The van der Waals surface area contributed by atoms with E-state index in [9.17, 15) is 0 Å². The Morgan fingerprint density at radius 3 is 2.61 bits per heavy atom. The second-order valence-corrected chi connectivity index (χ2v) is 4.72. The Morgan fingerprint density at radius 1 is 1.17 bits per heavy atom. The van der Waals surface area contributed by atoms with Crippen LogP contribution < -0.4 is 4.57 Å². The fourth-order valence-corrected chi connectivity index (χ4v) is 1.99. The van der Waals surface area contributed by atoms with Crippen LogP contribution in [0.5, 0.6) is 0 Å². The molecule has 0 aliphatic carbocycles. The van der Waals surface area contributed by atoms with Gasteiger partial charge in [0.05, 0.1) is 7.05 Å². The second-order valence-electron chi connectivity index (χ2n) is 4.31. The second kappa shape index (κ2) is 5.32. The zero-order valence-electron chi connectivity index (χ0n) is 10.8. The van der Waals surface area contributed by atoms with Crippen molar-refractivity contribution in [2.75, 3.05) is 0 Å². The molecule has 0 aliphatic heterocycles. The first kappa shape index (κ1) is 12.8. The number of aryl methyl sites for hydroxylation is 2. The van der Waals surface area contributed by atoms with E-state index >= 15 is 0 Å². The van der Waals surface area contributed by atoms with Crippen LogP contribution in [0.2, 0.25) is 5.02 Å². The first-order valence-corrected chi connectivity index (χ1v) is 6.22. The van der Waals surface area contributed by atoms with Gasteiger partial charge >= 0.3 is 5.82 Å². The summed E-state index contributed by atoms with van der Waals surface area (Å²) in [4.78, 5) is 4.51. The van der Waals surface area contributed by atoms with Gasteiger partial charge in [0.25, 0.3) is 0 Å². The average molecular weight is 260 g/mol. The maximum Gasteiger partial charge on any atom is 0.323 e. The van der Waals surface area contributed by atoms with E-state index in [1.54, 1.807) is 0 Å². The largest absolute Gasteiger partial charge is 0.323 e. The maximum atomic E-state index is 6.11. The van der Waals surface area contributed by atoms with Crippen molar-refractivity contribution in [1.82, 2.24) is 4.98 Å². The highest BCUT2D eigenvalue weighted by atomic mass is 35.5. The third kappa shape index (κ3) is 2.77. The molecule has 0 N–H and O–H groups in total. The summed E-state index contributed by atoms with van der Waals surface area (Å²) in [6, 6.07) is 9.83. The number of aromatic nitrogens is 2. The molecule has 2 rings (SSSR count). The van der Waals surface area contributed by atoms with Gasteiger partial charge in [-0.2, -0.15) is 0 Å². The molecule has 92 valence electrons. The van der Waals surface area contributed by atoms with Crippen LogP contribution in [0.3, 0.4) is 0 Å². The third-order valence-electron chi connectivity index (χ3n) is 2.90. The maximum absolute atomic E-state index is 6.11. The molecule has 1 aromatic heterocycles. The van der Waals surface area contributed by atoms with Gasteiger partial charge in [-0.25, -0.2) is 4.57 Å². The molecular formula is C15H16ClN2+. The van der Waals surface area contributed by atoms with Crippen LogP contribution in [0, 0.1) is 13.8 Å². The van der Waals surface area contributed by atoms with Crippen molar-refractivity contribution < 1.29 is 4.57 Å². The number of benzene rings is 1. The molecule has 1 aromatic carbocycles. The summed E-state index contributed by atoms with van der Waals surface area (Å²) in [7, 11) is 2.01. The monoisotopic (exact) mass is 259 g/mol. The summed E-state index contributed by atoms with van der Waals surface area (Å²) >= 11 is 6.11. The number of halogens is 1.